The maximum absolute atomic E-state index is 11.4. The molecule has 13 heavy (non-hydrogen) atoms. The van der Waals surface area contributed by atoms with Crippen LogP contribution in [-0.4, -0.2) is 16.0 Å². The molecule has 1 aromatic carbocycles. The molecule has 0 aromatic heterocycles. The highest BCUT2D eigenvalue weighted by molar-refractivity contribution is 8.16. The second-order valence-corrected chi connectivity index (χ2v) is 3.86. The van der Waals surface area contributed by atoms with Crippen LogP contribution in [0.1, 0.15) is 10.4 Å². The molecule has 0 saturated carbocycles. The minimum absolute atomic E-state index is 0.0723. The number of oxime groups is 1. The van der Waals surface area contributed by atoms with Gasteiger partial charge in [-0.05, 0) is 12.1 Å². The smallest absolute Gasteiger partial charge is 0.222 e. The number of benzene rings is 1. The zero-order chi connectivity index (χ0) is 9.42. The van der Waals surface area contributed by atoms with Crippen LogP contribution in [0.4, 0.5) is 0 Å². The lowest BCUT2D eigenvalue weighted by molar-refractivity contribution is 0.106. The van der Waals surface area contributed by atoms with E-state index in [1.807, 2.05) is 0 Å². The van der Waals surface area contributed by atoms with E-state index in [1.54, 1.807) is 18.2 Å². The second kappa shape index (κ2) is 3.05. The van der Waals surface area contributed by atoms with Crippen molar-refractivity contribution in [1.29, 1.82) is 0 Å². The summed E-state index contributed by atoms with van der Waals surface area (Å²) in [6, 6.07) is 5.05. The third kappa shape index (κ3) is 1.22. The first-order chi connectivity index (χ1) is 6.24. The number of hydrogen-bond acceptors (Lipinski definition) is 4. The number of ketones is 1. The Labute approximate surface area is 83.4 Å². The molecule has 66 valence electrons. The van der Waals surface area contributed by atoms with E-state index in [1.165, 1.54) is 0 Å². The molecule has 1 N–H and O–H groups in total. The molecule has 1 aliphatic rings. The normalized spacial score (nSPS) is 17.9. The molecule has 3 nitrogen and oxygen atoms in total. The van der Waals surface area contributed by atoms with E-state index < -0.39 is 0 Å². The Hall–Kier alpha value is -1.00. The van der Waals surface area contributed by atoms with Gasteiger partial charge in [-0.3, -0.25) is 4.79 Å². The fourth-order valence-corrected chi connectivity index (χ4v) is 2.28. The van der Waals surface area contributed by atoms with E-state index in [0.29, 0.717) is 15.5 Å². The highest BCUT2D eigenvalue weighted by Gasteiger charge is 2.29. The number of hydrogen-bond donors (Lipinski definition) is 1. The van der Waals surface area contributed by atoms with Gasteiger partial charge in [0.05, 0.1) is 5.02 Å². The Balaban J connectivity index is 2.62. The Morgan fingerprint density at radius 3 is 2.85 bits per heavy atom. The molecule has 1 heterocycles. The van der Waals surface area contributed by atoms with Crippen LogP contribution < -0.4 is 0 Å². The number of halogens is 1. The monoisotopic (exact) mass is 213 g/mol. The van der Waals surface area contributed by atoms with Crippen LogP contribution >= 0.6 is 23.4 Å². The molecule has 0 atom stereocenters. The Morgan fingerprint density at radius 1 is 1.46 bits per heavy atom. The lowest BCUT2D eigenvalue weighted by atomic mass is 10.1. The van der Waals surface area contributed by atoms with Gasteiger partial charge in [0.25, 0.3) is 0 Å². The Bertz CT molecular complexity index is 417. The highest BCUT2D eigenvalue weighted by Crippen LogP contribution is 2.38. The summed E-state index contributed by atoms with van der Waals surface area (Å²) < 4.78 is 0. The average Bonchev–Trinajstić information content (AvgIpc) is 2.45. The van der Waals surface area contributed by atoms with Crippen LogP contribution in [0.3, 0.4) is 0 Å². The quantitative estimate of drug-likeness (QED) is 0.532. The van der Waals surface area contributed by atoms with Crippen LogP contribution in [-0.2, 0) is 0 Å². The fourth-order valence-electron chi connectivity index (χ4n) is 1.12. The molecular weight excluding hydrogens is 210 g/mol. The van der Waals surface area contributed by atoms with E-state index in [4.69, 9.17) is 16.8 Å². The minimum atomic E-state index is -0.273. The first-order valence-corrected chi connectivity index (χ1v) is 4.66. The number of fused-ring (bicyclic) bond motifs is 1. The predicted molar refractivity (Wildman–Crippen MR) is 50.9 cm³/mol. The van der Waals surface area contributed by atoms with E-state index in [0.717, 1.165) is 11.8 Å². The molecule has 0 bridgehead atoms. The Kier molecular flexibility index (Phi) is 2.01. The topological polar surface area (TPSA) is 49.7 Å². The van der Waals surface area contributed by atoms with Crippen molar-refractivity contribution in [2.45, 2.75) is 4.90 Å². The molecule has 0 unspecified atom stereocenters. The number of Topliss-reactive ketones (excluding diaryl/α,β-unsaturated/α-hetero) is 1. The van der Waals surface area contributed by atoms with Crippen molar-refractivity contribution < 1.29 is 10.0 Å². The van der Waals surface area contributed by atoms with Crippen molar-refractivity contribution in [1.82, 2.24) is 0 Å². The van der Waals surface area contributed by atoms with Crippen LogP contribution in [0.2, 0.25) is 5.02 Å². The number of thioether (sulfide) groups is 1. The van der Waals surface area contributed by atoms with E-state index in [2.05, 4.69) is 5.16 Å². The molecule has 0 saturated heterocycles. The summed E-state index contributed by atoms with van der Waals surface area (Å²) in [4.78, 5) is 12.1. The molecule has 0 radical (unpaired) electrons. The van der Waals surface area contributed by atoms with Gasteiger partial charge in [0.2, 0.25) is 5.78 Å². The largest absolute Gasteiger partial charge is 0.410 e. The minimum Gasteiger partial charge on any atom is -0.410 e. The van der Waals surface area contributed by atoms with Gasteiger partial charge < -0.3 is 5.21 Å². The molecule has 0 amide bonds. The molecular formula is C8H4ClNO2S. The number of nitrogens with zero attached hydrogens (tertiary/aromatic N) is 1. The number of rotatable bonds is 0. The van der Waals surface area contributed by atoms with Crippen molar-refractivity contribution in [2.24, 2.45) is 5.16 Å². The first-order valence-electron chi connectivity index (χ1n) is 3.47. The van der Waals surface area contributed by atoms with Crippen LogP contribution in [0.5, 0.6) is 0 Å². The Morgan fingerprint density at radius 2 is 2.23 bits per heavy atom. The summed E-state index contributed by atoms with van der Waals surface area (Å²) in [6.07, 6.45) is 0. The van der Waals surface area contributed by atoms with Crippen molar-refractivity contribution in [3.8, 4) is 0 Å². The second-order valence-electron chi connectivity index (χ2n) is 2.45. The number of carbonyl (C=O) groups excluding carboxylic acids is 1. The molecule has 0 spiro atoms. The van der Waals surface area contributed by atoms with Crippen LogP contribution in [0.25, 0.3) is 0 Å². The molecule has 1 aliphatic heterocycles. The van der Waals surface area contributed by atoms with Crippen molar-refractivity contribution in [2.75, 3.05) is 0 Å². The van der Waals surface area contributed by atoms with Crippen molar-refractivity contribution in [3.63, 3.8) is 0 Å². The zero-order valence-corrected chi connectivity index (χ0v) is 7.89. The number of carbonyl (C=O) groups is 1. The van der Waals surface area contributed by atoms with Gasteiger partial charge in [-0.15, -0.1) is 0 Å². The maximum Gasteiger partial charge on any atom is 0.222 e. The lowest BCUT2D eigenvalue weighted by Gasteiger charge is -1.95. The van der Waals surface area contributed by atoms with Gasteiger partial charge in [-0.25, -0.2) is 0 Å². The maximum atomic E-state index is 11.4. The summed E-state index contributed by atoms with van der Waals surface area (Å²) in [5, 5.41) is 12.0. The van der Waals surface area contributed by atoms with Crippen molar-refractivity contribution in [3.05, 3.63) is 28.8 Å². The van der Waals surface area contributed by atoms with Gasteiger partial charge in [0, 0.05) is 10.5 Å². The van der Waals surface area contributed by atoms with Gasteiger partial charge in [-0.1, -0.05) is 34.6 Å². The standard InChI is InChI=1S/C8H4ClNO2S/c9-5-3-1-2-4-6(11)8(10-12)13-7(4)5/h1-3,12H. The highest BCUT2D eigenvalue weighted by atomic mass is 35.5. The van der Waals surface area contributed by atoms with Gasteiger partial charge in [0.15, 0.2) is 5.04 Å². The summed E-state index contributed by atoms with van der Waals surface area (Å²) in [7, 11) is 0. The van der Waals surface area contributed by atoms with Crippen LogP contribution in [0.15, 0.2) is 28.3 Å². The summed E-state index contributed by atoms with van der Waals surface area (Å²) >= 11 is 6.94. The third-order valence-corrected chi connectivity index (χ3v) is 3.23. The first kappa shape index (κ1) is 8.59. The summed E-state index contributed by atoms with van der Waals surface area (Å²) in [5.74, 6) is -0.273. The molecule has 0 fully saturated rings. The van der Waals surface area contributed by atoms with E-state index in [-0.39, 0.29) is 10.8 Å². The van der Waals surface area contributed by atoms with E-state index in [9.17, 15) is 4.79 Å². The molecule has 5 heteroatoms. The SMILES string of the molecule is O=C1C(=NO)Sc2c(Cl)cccc21. The molecule has 1 aromatic rings. The van der Waals surface area contributed by atoms with Gasteiger partial charge in [0.1, 0.15) is 0 Å². The van der Waals surface area contributed by atoms with Gasteiger partial charge in [-0.2, -0.15) is 0 Å². The third-order valence-electron chi connectivity index (χ3n) is 1.70. The van der Waals surface area contributed by atoms with Crippen LogP contribution in [0, 0.1) is 0 Å². The molecule has 2 rings (SSSR count). The summed E-state index contributed by atoms with van der Waals surface area (Å²) in [6.45, 7) is 0. The zero-order valence-electron chi connectivity index (χ0n) is 6.32. The fraction of sp³-hybridized carbons (Fsp3) is 0. The van der Waals surface area contributed by atoms with Gasteiger partial charge >= 0.3 is 0 Å². The summed E-state index contributed by atoms with van der Waals surface area (Å²) in [5.41, 5.74) is 0.505. The van der Waals surface area contributed by atoms with Crippen molar-refractivity contribution >= 4 is 34.2 Å². The van der Waals surface area contributed by atoms with E-state index >= 15 is 0 Å². The average molecular weight is 214 g/mol. The lowest BCUT2D eigenvalue weighted by Crippen LogP contribution is -2.02. The predicted octanol–water partition coefficient (Wildman–Crippen LogP) is 2.42. The molecule has 0 aliphatic carbocycles.